The zero-order chi connectivity index (χ0) is 13.7. The molecule has 19 heavy (non-hydrogen) atoms. The molecule has 5 nitrogen and oxygen atoms in total. The molecule has 0 aromatic carbocycles. The Bertz CT molecular complexity index is 631. The number of nitrogens with zero attached hydrogens (tertiary/aromatic N) is 3. The summed E-state index contributed by atoms with van der Waals surface area (Å²) in [6.07, 6.45) is 5.84. The van der Waals surface area contributed by atoms with E-state index in [1.54, 1.807) is 0 Å². The van der Waals surface area contributed by atoms with Crippen LogP contribution in [-0.4, -0.2) is 35.6 Å². The van der Waals surface area contributed by atoms with Crippen molar-refractivity contribution >= 4 is 10.0 Å². The topological polar surface area (TPSA) is 66.1 Å². The molecule has 1 aromatic rings. The van der Waals surface area contributed by atoms with Crippen molar-refractivity contribution in [2.45, 2.75) is 37.0 Å². The molecule has 102 valence electrons. The number of hydrogen-bond donors (Lipinski definition) is 0. The summed E-state index contributed by atoms with van der Waals surface area (Å²) in [5.41, 5.74) is 0.756. The molecule has 2 heterocycles. The van der Waals surface area contributed by atoms with Crippen molar-refractivity contribution in [2.24, 2.45) is 0 Å². The summed E-state index contributed by atoms with van der Waals surface area (Å²) >= 11 is 0. The molecule has 3 rings (SSSR count). The zero-order valence-electron chi connectivity index (χ0n) is 10.9. The third kappa shape index (κ3) is 1.97. The fourth-order valence-corrected chi connectivity index (χ4v) is 4.67. The van der Waals surface area contributed by atoms with Gasteiger partial charge < -0.3 is 4.57 Å². The average Bonchev–Trinajstić information content (AvgIpc) is 3.07. The lowest BCUT2D eigenvalue weighted by molar-refractivity contribution is 0.0846. The van der Waals surface area contributed by atoms with Gasteiger partial charge in [0.25, 0.3) is 0 Å². The minimum absolute atomic E-state index is 0.168. The van der Waals surface area contributed by atoms with Crippen LogP contribution in [0.15, 0.2) is 18.5 Å². The second-order valence-electron chi connectivity index (χ2n) is 5.67. The van der Waals surface area contributed by atoms with Crippen molar-refractivity contribution in [3.05, 3.63) is 24.0 Å². The van der Waals surface area contributed by atoms with Crippen molar-refractivity contribution in [1.29, 1.82) is 5.26 Å². The van der Waals surface area contributed by atoms with Gasteiger partial charge in [0, 0.05) is 25.5 Å². The van der Waals surface area contributed by atoms with Gasteiger partial charge in [0.1, 0.15) is 0 Å². The van der Waals surface area contributed by atoms with E-state index in [1.165, 1.54) is 4.31 Å². The van der Waals surface area contributed by atoms with Crippen molar-refractivity contribution in [2.75, 3.05) is 13.1 Å². The Morgan fingerprint density at radius 1 is 1.47 bits per heavy atom. The average molecular weight is 279 g/mol. The Balaban J connectivity index is 1.82. The van der Waals surface area contributed by atoms with Crippen LogP contribution in [0, 0.1) is 18.3 Å². The van der Waals surface area contributed by atoms with Gasteiger partial charge in [-0.1, -0.05) is 0 Å². The van der Waals surface area contributed by atoms with Crippen LogP contribution in [0.3, 0.4) is 0 Å². The minimum Gasteiger partial charge on any atom is -0.344 e. The fraction of sp³-hybridized carbons (Fsp3) is 0.615. The molecule has 0 bridgehead atoms. The number of aromatic nitrogens is 1. The highest BCUT2D eigenvalue weighted by molar-refractivity contribution is 7.90. The first kappa shape index (κ1) is 12.7. The predicted molar refractivity (Wildman–Crippen MR) is 70.9 cm³/mol. The van der Waals surface area contributed by atoms with E-state index in [0.717, 1.165) is 18.4 Å². The maximum Gasteiger partial charge on any atom is 0.217 e. The highest BCUT2D eigenvalue weighted by Crippen LogP contribution is 2.40. The van der Waals surface area contributed by atoms with Gasteiger partial charge in [0.15, 0.2) is 0 Å². The van der Waals surface area contributed by atoms with Gasteiger partial charge in [-0.05, 0) is 31.4 Å². The predicted octanol–water partition coefficient (Wildman–Crippen LogP) is 1.21. The Morgan fingerprint density at radius 3 is 2.63 bits per heavy atom. The maximum absolute atomic E-state index is 12.1. The first-order chi connectivity index (χ1) is 8.98. The van der Waals surface area contributed by atoms with Gasteiger partial charge in [-0.3, -0.25) is 0 Å². The van der Waals surface area contributed by atoms with Crippen molar-refractivity contribution < 1.29 is 8.42 Å². The van der Waals surface area contributed by atoms with Gasteiger partial charge in [-0.2, -0.15) is 9.57 Å². The highest BCUT2D eigenvalue weighted by Gasteiger charge is 2.52. The summed E-state index contributed by atoms with van der Waals surface area (Å²) in [6, 6.07) is 4.18. The van der Waals surface area contributed by atoms with E-state index < -0.39 is 10.0 Å². The third-order valence-electron chi connectivity index (χ3n) is 4.04. The second-order valence-corrected chi connectivity index (χ2v) is 7.88. The molecule has 6 heteroatoms. The number of hydrogen-bond acceptors (Lipinski definition) is 3. The summed E-state index contributed by atoms with van der Waals surface area (Å²) in [7, 11) is -3.11. The Labute approximate surface area is 113 Å². The Morgan fingerprint density at radius 2 is 2.16 bits per heavy atom. The number of sulfonamides is 1. The summed E-state index contributed by atoms with van der Waals surface area (Å²) < 4.78 is 27.8. The van der Waals surface area contributed by atoms with Gasteiger partial charge >= 0.3 is 0 Å². The van der Waals surface area contributed by atoms with Crippen LogP contribution in [0.25, 0.3) is 0 Å². The lowest BCUT2D eigenvalue weighted by Crippen LogP contribution is -2.64. The first-order valence-electron chi connectivity index (χ1n) is 6.49. The second kappa shape index (κ2) is 4.09. The molecule has 2 aliphatic rings. The van der Waals surface area contributed by atoms with Gasteiger partial charge in [0.2, 0.25) is 10.0 Å². The molecule has 0 atom stereocenters. The quantitative estimate of drug-likeness (QED) is 0.832. The molecule has 0 radical (unpaired) electrons. The molecule has 0 spiro atoms. The molecule has 1 saturated carbocycles. The molecule has 0 N–H and O–H groups in total. The SMILES string of the molecule is Cc1ccn(C2(CC#N)CN(S(=O)(=O)C3CC3)C2)c1. The van der Waals surface area contributed by atoms with Crippen molar-refractivity contribution in [1.82, 2.24) is 8.87 Å². The minimum atomic E-state index is -3.11. The summed E-state index contributed by atoms with van der Waals surface area (Å²) in [5, 5.41) is 8.85. The molecule has 2 fully saturated rings. The fourth-order valence-electron chi connectivity index (χ4n) is 2.68. The summed E-state index contributed by atoms with van der Waals surface area (Å²) in [6.45, 7) is 2.84. The van der Waals surface area contributed by atoms with Crippen molar-refractivity contribution in [3.8, 4) is 6.07 Å². The molecule has 1 aliphatic heterocycles. The van der Waals surface area contributed by atoms with Crippen LogP contribution in [0.5, 0.6) is 0 Å². The molecule has 1 aliphatic carbocycles. The lowest BCUT2D eigenvalue weighted by atomic mass is 9.89. The van der Waals surface area contributed by atoms with Gasteiger partial charge in [-0.25, -0.2) is 8.42 Å². The van der Waals surface area contributed by atoms with Crippen molar-refractivity contribution in [3.63, 3.8) is 0 Å². The van der Waals surface area contributed by atoms with E-state index in [1.807, 2.05) is 30.0 Å². The smallest absolute Gasteiger partial charge is 0.217 e. The van der Waals surface area contributed by atoms with E-state index in [2.05, 4.69) is 6.07 Å². The lowest BCUT2D eigenvalue weighted by Gasteiger charge is -2.49. The summed E-state index contributed by atoms with van der Waals surface area (Å²) in [4.78, 5) is 0. The standard InChI is InChI=1S/C13H17N3O2S/c1-11-4-7-15(8-11)13(5-6-14)9-16(10-13)19(17,18)12-2-3-12/h4,7-8,12H,2-3,5,9-10H2,1H3. The van der Waals surface area contributed by atoms with Crippen LogP contribution >= 0.6 is 0 Å². The van der Waals surface area contributed by atoms with Gasteiger partial charge in [-0.15, -0.1) is 0 Å². The van der Waals surface area contributed by atoms with E-state index in [0.29, 0.717) is 19.5 Å². The van der Waals surface area contributed by atoms with E-state index >= 15 is 0 Å². The Hall–Kier alpha value is -1.32. The van der Waals surface area contributed by atoms with Crippen LogP contribution < -0.4 is 0 Å². The molecule has 1 saturated heterocycles. The normalized spacial score (nSPS) is 22.7. The van der Waals surface area contributed by atoms with Crippen LogP contribution in [0.4, 0.5) is 0 Å². The van der Waals surface area contributed by atoms with Crippen LogP contribution in [-0.2, 0) is 15.6 Å². The highest BCUT2D eigenvalue weighted by atomic mass is 32.2. The molecular weight excluding hydrogens is 262 g/mol. The summed E-state index contributed by atoms with van der Waals surface area (Å²) in [5.74, 6) is 0. The third-order valence-corrected chi connectivity index (χ3v) is 6.34. The van der Waals surface area contributed by atoms with E-state index in [4.69, 9.17) is 5.26 Å². The first-order valence-corrected chi connectivity index (χ1v) is 7.99. The van der Waals surface area contributed by atoms with Crippen LogP contribution in [0.2, 0.25) is 0 Å². The molecular formula is C13H17N3O2S. The Kier molecular flexibility index (Phi) is 2.73. The molecule has 1 aromatic heterocycles. The number of aryl methyl sites for hydroxylation is 1. The molecule has 0 amide bonds. The largest absolute Gasteiger partial charge is 0.344 e. The molecule has 0 unspecified atom stereocenters. The number of nitriles is 1. The number of rotatable bonds is 4. The van der Waals surface area contributed by atoms with Crippen LogP contribution in [0.1, 0.15) is 24.8 Å². The maximum atomic E-state index is 12.1. The van der Waals surface area contributed by atoms with E-state index in [-0.39, 0.29) is 10.8 Å². The zero-order valence-corrected chi connectivity index (χ0v) is 11.7. The van der Waals surface area contributed by atoms with Gasteiger partial charge in [0.05, 0.1) is 23.3 Å². The van der Waals surface area contributed by atoms with E-state index in [9.17, 15) is 8.42 Å². The monoisotopic (exact) mass is 279 g/mol.